The van der Waals surface area contributed by atoms with Crippen molar-refractivity contribution in [2.45, 2.75) is 26.2 Å². The van der Waals surface area contributed by atoms with Gasteiger partial charge in [-0.3, -0.25) is 9.69 Å². The van der Waals surface area contributed by atoms with E-state index in [2.05, 4.69) is 28.4 Å². The zero-order valence-electron chi connectivity index (χ0n) is 17.7. The molecule has 2 aliphatic rings. The number of morpholine rings is 1. The normalized spacial score (nSPS) is 19.5. The summed E-state index contributed by atoms with van der Waals surface area (Å²) in [6.45, 7) is 8.13. The fourth-order valence-corrected chi connectivity index (χ4v) is 4.30. The number of hydrogen-bond donors (Lipinski definition) is 1. The lowest BCUT2D eigenvalue weighted by Gasteiger charge is -2.35. The van der Waals surface area contributed by atoms with Crippen LogP contribution in [0.25, 0.3) is 11.3 Å². The largest absolute Gasteiger partial charge is 0.381 e. The van der Waals surface area contributed by atoms with Gasteiger partial charge in [-0.25, -0.2) is 0 Å². The Balaban J connectivity index is 1.42. The van der Waals surface area contributed by atoms with E-state index in [1.54, 1.807) is 0 Å². The summed E-state index contributed by atoms with van der Waals surface area (Å²) in [6.07, 6.45) is 1.92. The molecule has 7 heteroatoms. The van der Waals surface area contributed by atoms with Gasteiger partial charge in [-0.1, -0.05) is 29.4 Å². The van der Waals surface area contributed by atoms with Gasteiger partial charge in [0.25, 0.3) is 0 Å². The van der Waals surface area contributed by atoms with Gasteiger partial charge < -0.3 is 19.3 Å². The van der Waals surface area contributed by atoms with Gasteiger partial charge in [-0.15, -0.1) is 0 Å². The highest BCUT2D eigenvalue weighted by atomic mass is 16.5. The minimum absolute atomic E-state index is 0.0906. The van der Waals surface area contributed by atoms with Crippen LogP contribution in [0.1, 0.15) is 24.2 Å². The summed E-state index contributed by atoms with van der Waals surface area (Å²) in [5, 5.41) is 7.44. The number of nitrogens with zero attached hydrogens (tertiary/aromatic N) is 2. The Morgan fingerprint density at radius 2 is 1.87 bits per heavy atom. The Bertz CT molecular complexity index is 838. The molecule has 0 atom stereocenters. The van der Waals surface area contributed by atoms with Crippen LogP contribution < -0.4 is 5.32 Å². The zero-order chi connectivity index (χ0) is 20.8. The SMILES string of the molecule is Cc1ccccc1-c1cc(CC2(C(=O)NCCN3CCOCC3)CCOCC2)on1. The van der Waals surface area contributed by atoms with E-state index in [4.69, 9.17) is 14.0 Å². The first kappa shape index (κ1) is 21.0. The molecule has 0 radical (unpaired) electrons. The Morgan fingerprint density at radius 3 is 2.63 bits per heavy atom. The number of amides is 1. The molecule has 0 bridgehead atoms. The van der Waals surface area contributed by atoms with Gasteiger partial charge >= 0.3 is 0 Å². The van der Waals surface area contributed by atoms with Crippen LogP contribution in [0.15, 0.2) is 34.9 Å². The van der Waals surface area contributed by atoms with Gasteiger partial charge in [0.1, 0.15) is 11.5 Å². The monoisotopic (exact) mass is 413 g/mol. The van der Waals surface area contributed by atoms with Crippen molar-refractivity contribution in [2.24, 2.45) is 5.41 Å². The summed E-state index contributed by atoms with van der Waals surface area (Å²) >= 11 is 0. The third-order valence-electron chi connectivity index (χ3n) is 6.24. The highest BCUT2D eigenvalue weighted by Crippen LogP contribution is 2.36. The molecule has 2 aliphatic heterocycles. The number of ether oxygens (including phenoxy) is 2. The molecule has 2 aromatic rings. The van der Waals surface area contributed by atoms with Crippen molar-refractivity contribution in [1.29, 1.82) is 0 Å². The first-order valence-electron chi connectivity index (χ1n) is 10.8. The van der Waals surface area contributed by atoms with Gasteiger partial charge in [0.15, 0.2) is 0 Å². The van der Waals surface area contributed by atoms with Crippen LogP contribution in [0.3, 0.4) is 0 Å². The number of benzene rings is 1. The molecular weight excluding hydrogens is 382 g/mol. The van der Waals surface area contributed by atoms with Crippen molar-refractivity contribution in [3.05, 3.63) is 41.7 Å². The second-order valence-electron chi connectivity index (χ2n) is 8.27. The maximum Gasteiger partial charge on any atom is 0.226 e. The first-order valence-corrected chi connectivity index (χ1v) is 10.8. The van der Waals surface area contributed by atoms with E-state index in [1.807, 2.05) is 24.3 Å². The van der Waals surface area contributed by atoms with Gasteiger partial charge in [0.2, 0.25) is 5.91 Å². The molecule has 2 saturated heterocycles. The third-order valence-corrected chi connectivity index (χ3v) is 6.24. The smallest absolute Gasteiger partial charge is 0.226 e. The number of aryl methyl sites for hydroxylation is 1. The van der Waals surface area contributed by atoms with Crippen LogP contribution in [-0.2, 0) is 20.7 Å². The van der Waals surface area contributed by atoms with Gasteiger partial charge in [0, 0.05) is 57.4 Å². The molecule has 30 heavy (non-hydrogen) atoms. The van der Waals surface area contributed by atoms with Crippen LogP contribution >= 0.6 is 0 Å². The lowest BCUT2D eigenvalue weighted by atomic mass is 9.75. The van der Waals surface area contributed by atoms with Crippen LogP contribution in [0.2, 0.25) is 0 Å². The van der Waals surface area contributed by atoms with Crippen LogP contribution in [0.5, 0.6) is 0 Å². The quantitative estimate of drug-likeness (QED) is 0.751. The molecule has 4 rings (SSSR count). The second-order valence-corrected chi connectivity index (χ2v) is 8.27. The van der Waals surface area contributed by atoms with Crippen molar-refractivity contribution in [1.82, 2.24) is 15.4 Å². The summed E-state index contributed by atoms with van der Waals surface area (Å²) in [6, 6.07) is 10.1. The van der Waals surface area contributed by atoms with Crippen molar-refractivity contribution in [2.75, 3.05) is 52.6 Å². The molecule has 0 unspecified atom stereocenters. The minimum Gasteiger partial charge on any atom is -0.381 e. The van der Waals surface area contributed by atoms with Crippen molar-refractivity contribution < 1.29 is 18.8 Å². The maximum atomic E-state index is 13.2. The van der Waals surface area contributed by atoms with Gasteiger partial charge in [0.05, 0.1) is 18.6 Å². The van der Waals surface area contributed by atoms with E-state index in [9.17, 15) is 4.79 Å². The van der Waals surface area contributed by atoms with Crippen molar-refractivity contribution >= 4 is 5.91 Å². The maximum absolute atomic E-state index is 13.2. The number of rotatable bonds is 7. The molecule has 1 aromatic heterocycles. The highest BCUT2D eigenvalue weighted by molar-refractivity contribution is 5.83. The van der Waals surface area contributed by atoms with Gasteiger partial charge in [-0.2, -0.15) is 0 Å². The standard InChI is InChI=1S/C23H31N3O4/c1-18-4-2-3-5-20(18)21-16-19(30-25-21)17-23(6-12-28-13-7-23)22(27)24-8-9-26-10-14-29-15-11-26/h2-5,16H,6-15,17H2,1H3,(H,24,27). The summed E-state index contributed by atoms with van der Waals surface area (Å²) in [4.78, 5) is 15.5. The molecule has 0 saturated carbocycles. The number of carbonyl (C=O) groups is 1. The molecule has 0 spiro atoms. The topological polar surface area (TPSA) is 76.8 Å². The lowest BCUT2D eigenvalue weighted by molar-refractivity contribution is -0.137. The van der Waals surface area contributed by atoms with Gasteiger partial charge in [-0.05, 0) is 25.3 Å². The number of nitrogens with one attached hydrogen (secondary N) is 1. The highest BCUT2D eigenvalue weighted by Gasteiger charge is 2.41. The molecule has 1 aromatic carbocycles. The Morgan fingerprint density at radius 1 is 1.13 bits per heavy atom. The average Bonchev–Trinajstić information content (AvgIpc) is 3.23. The van der Waals surface area contributed by atoms with Crippen LogP contribution in [-0.4, -0.2) is 68.6 Å². The number of hydrogen-bond acceptors (Lipinski definition) is 6. The van der Waals surface area contributed by atoms with E-state index in [0.717, 1.165) is 55.4 Å². The molecule has 0 aliphatic carbocycles. The Labute approximate surface area is 177 Å². The first-order chi connectivity index (χ1) is 14.7. The minimum atomic E-state index is -0.508. The van der Waals surface area contributed by atoms with E-state index >= 15 is 0 Å². The fourth-order valence-electron chi connectivity index (χ4n) is 4.30. The predicted octanol–water partition coefficient (Wildman–Crippen LogP) is 2.44. The summed E-state index contributed by atoms with van der Waals surface area (Å²) < 4.78 is 16.6. The van der Waals surface area contributed by atoms with E-state index in [0.29, 0.717) is 39.0 Å². The zero-order valence-corrected chi connectivity index (χ0v) is 17.7. The molecule has 3 heterocycles. The molecule has 1 N–H and O–H groups in total. The molecule has 2 fully saturated rings. The van der Waals surface area contributed by atoms with Crippen LogP contribution in [0.4, 0.5) is 0 Å². The Hall–Kier alpha value is -2.22. The Kier molecular flexibility index (Phi) is 6.82. The molecule has 162 valence electrons. The number of aromatic nitrogens is 1. The van der Waals surface area contributed by atoms with E-state index in [-0.39, 0.29) is 5.91 Å². The lowest BCUT2D eigenvalue weighted by Crippen LogP contribution is -2.48. The van der Waals surface area contributed by atoms with E-state index < -0.39 is 5.41 Å². The van der Waals surface area contributed by atoms with Crippen LogP contribution in [0, 0.1) is 12.3 Å². The summed E-state index contributed by atoms with van der Waals surface area (Å²) in [5.41, 5.74) is 2.52. The average molecular weight is 414 g/mol. The molecular formula is C23H31N3O4. The fraction of sp³-hybridized carbons (Fsp3) is 0.565. The van der Waals surface area contributed by atoms with Crippen molar-refractivity contribution in [3.8, 4) is 11.3 Å². The summed E-state index contributed by atoms with van der Waals surface area (Å²) in [5.74, 6) is 0.839. The third kappa shape index (κ3) is 4.91. The number of carbonyl (C=O) groups excluding carboxylic acids is 1. The summed E-state index contributed by atoms with van der Waals surface area (Å²) in [7, 11) is 0. The van der Waals surface area contributed by atoms with E-state index in [1.165, 1.54) is 0 Å². The van der Waals surface area contributed by atoms with Crippen molar-refractivity contribution in [3.63, 3.8) is 0 Å². The second kappa shape index (κ2) is 9.73. The molecule has 1 amide bonds. The predicted molar refractivity (Wildman–Crippen MR) is 113 cm³/mol. The molecule has 7 nitrogen and oxygen atoms in total.